The molecule has 126 valence electrons. The van der Waals surface area contributed by atoms with E-state index in [0.29, 0.717) is 6.04 Å². The highest BCUT2D eigenvalue weighted by Crippen LogP contribution is 2.17. The van der Waals surface area contributed by atoms with E-state index in [2.05, 4.69) is 46.2 Å². The minimum atomic E-state index is 0.427. The number of aryl methyl sites for hydroxylation is 2. The molecule has 1 fully saturated rings. The molecule has 0 atom stereocenters. The molecular formula is C17H27N5O. The summed E-state index contributed by atoms with van der Waals surface area (Å²) in [5.74, 6) is 0.948. The van der Waals surface area contributed by atoms with Gasteiger partial charge in [0.1, 0.15) is 5.76 Å². The van der Waals surface area contributed by atoms with Gasteiger partial charge in [-0.25, -0.2) is 0 Å². The Balaban J connectivity index is 1.50. The van der Waals surface area contributed by atoms with E-state index in [1.807, 2.05) is 18.5 Å². The quantitative estimate of drug-likeness (QED) is 0.847. The topological polar surface area (TPSA) is 50.3 Å². The molecule has 3 rings (SSSR count). The first-order valence-corrected chi connectivity index (χ1v) is 8.43. The molecule has 0 N–H and O–H groups in total. The molecule has 0 bridgehead atoms. The Kier molecular flexibility index (Phi) is 4.82. The Morgan fingerprint density at radius 1 is 1.09 bits per heavy atom. The summed E-state index contributed by atoms with van der Waals surface area (Å²) in [4.78, 5) is 4.96. The highest BCUT2D eigenvalue weighted by atomic mass is 16.5. The molecule has 1 saturated heterocycles. The molecule has 0 radical (unpaired) electrons. The van der Waals surface area contributed by atoms with Crippen molar-refractivity contribution >= 4 is 0 Å². The molecular weight excluding hydrogens is 290 g/mol. The average Bonchev–Trinajstić information content (AvgIpc) is 3.11. The molecule has 0 unspecified atom stereocenters. The molecule has 1 aliphatic rings. The van der Waals surface area contributed by atoms with Crippen LogP contribution in [0.5, 0.6) is 0 Å². The molecule has 0 spiro atoms. The number of rotatable bonds is 5. The third-order valence-corrected chi connectivity index (χ3v) is 4.61. The highest BCUT2D eigenvalue weighted by molar-refractivity contribution is 5.20. The van der Waals surface area contributed by atoms with Crippen molar-refractivity contribution in [1.29, 1.82) is 0 Å². The van der Waals surface area contributed by atoms with Crippen LogP contribution in [-0.2, 0) is 13.1 Å². The number of piperazine rings is 1. The van der Waals surface area contributed by atoms with E-state index in [1.54, 1.807) is 0 Å². The Bertz CT molecular complexity index is 618. The third-order valence-electron chi connectivity index (χ3n) is 4.61. The molecule has 0 aliphatic carbocycles. The van der Waals surface area contributed by atoms with E-state index >= 15 is 0 Å². The van der Waals surface area contributed by atoms with Gasteiger partial charge in [0.25, 0.3) is 0 Å². The normalized spacial score (nSPS) is 17.3. The van der Waals surface area contributed by atoms with E-state index in [1.165, 1.54) is 5.56 Å². The molecule has 6 nitrogen and oxygen atoms in total. The smallest absolute Gasteiger partial charge is 0.138 e. The van der Waals surface area contributed by atoms with Gasteiger partial charge < -0.3 is 4.52 Å². The van der Waals surface area contributed by atoms with Crippen LogP contribution in [0.15, 0.2) is 16.8 Å². The maximum absolute atomic E-state index is 5.26. The van der Waals surface area contributed by atoms with E-state index in [0.717, 1.165) is 56.4 Å². The second-order valence-corrected chi connectivity index (χ2v) is 6.74. The predicted molar refractivity (Wildman–Crippen MR) is 89.1 cm³/mol. The molecule has 2 aromatic rings. The zero-order valence-electron chi connectivity index (χ0n) is 14.6. The molecule has 2 aromatic heterocycles. The summed E-state index contributed by atoms with van der Waals surface area (Å²) in [6.07, 6.45) is 2.08. The lowest BCUT2D eigenvalue weighted by molar-refractivity contribution is 0.120. The first kappa shape index (κ1) is 16.2. The van der Waals surface area contributed by atoms with Crippen molar-refractivity contribution in [2.24, 2.45) is 0 Å². The van der Waals surface area contributed by atoms with Crippen LogP contribution in [-0.4, -0.2) is 50.9 Å². The Labute approximate surface area is 138 Å². The fourth-order valence-corrected chi connectivity index (χ4v) is 3.04. The lowest BCUT2D eigenvalue weighted by Crippen LogP contribution is -2.45. The lowest BCUT2D eigenvalue weighted by atomic mass is 10.2. The molecule has 6 heteroatoms. The third kappa shape index (κ3) is 3.82. The standard InChI is InChI=1S/C17H27N5O/c1-13(2)22-6-5-16(18-22)11-20-7-9-21(10-8-20)12-17-14(3)19-23-15(17)4/h5-6,13H,7-12H2,1-4H3. The lowest BCUT2D eigenvalue weighted by Gasteiger charge is -2.34. The largest absolute Gasteiger partial charge is 0.361 e. The Morgan fingerprint density at radius 3 is 2.26 bits per heavy atom. The van der Waals surface area contributed by atoms with Gasteiger partial charge in [-0.2, -0.15) is 5.10 Å². The van der Waals surface area contributed by atoms with Gasteiger partial charge in [0.15, 0.2) is 0 Å². The number of aromatic nitrogens is 3. The van der Waals surface area contributed by atoms with E-state index in [9.17, 15) is 0 Å². The minimum absolute atomic E-state index is 0.427. The SMILES string of the molecule is Cc1noc(C)c1CN1CCN(Cc2ccn(C(C)C)n2)CC1. The van der Waals surface area contributed by atoms with Crippen LogP contribution in [0.4, 0.5) is 0 Å². The summed E-state index contributed by atoms with van der Waals surface area (Å²) >= 11 is 0. The maximum Gasteiger partial charge on any atom is 0.138 e. The van der Waals surface area contributed by atoms with Gasteiger partial charge in [0.05, 0.1) is 11.4 Å². The zero-order chi connectivity index (χ0) is 16.4. The van der Waals surface area contributed by atoms with E-state index in [-0.39, 0.29) is 0 Å². The van der Waals surface area contributed by atoms with Crippen molar-refractivity contribution in [3.8, 4) is 0 Å². The number of hydrogen-bond donors (Lipinski definition) is 0. The van der Waals surface area contributed by atoms with Gasteiger partial charge in [-0.3, -0.25) is 14.5 Å². The van der Waals surface area contributed by atoms with E-state index < -0.39 is 0 Å². The zero-order valence-corrected chi connectivity index (χ0v) is 14.6. The second kappa shape index (κ2) is 6.84. The van der Waals surface area contributed by atoms with Gasteiger partial charge in [-0.05, 0) is 33.8 Å². The van der Waals surface area contributed by atoms with E-state index in [4.69, 9.17) is 4.52 Å². The van der Waals surface area contributed by atoms with Crippen LogP contribution in [0.25, 0.3) is 0 Å². The van der Waals surface area contributed by atoms with Crippen molar-refractivity contribution in [2.75, 3.05) is 26.2 Å². The summed E-state index contributed by atoms with van der Waals surface area (Å²) in [6.45, 7) is 14.5. The van der Waals surface area contributed by atoms with Crippen LogP contribution in [0.2, 0.25) is 0 Å². The van der Waals surface area contributed by atoms with Crippen LogP contribution >= 0.6 is 0 Å². The molecule has 0 amide bonds. The van der Waals surface area contributed by atoms with Gasteiger partial charge in [-0.1, -0.05) is 5.16 Å². The van der Waals surface area contributed by atoms with Crippen molar-refractivity contribution in [1.82, 2.24) is 24.7 Å². The monoisotopic (exact) mass is 317 g/mol. The number of hydrogen-bond acceptors (Lipinski definition) is 5. The summed E-state index contributed by atoms with van der Waals surface area (Å²) < 4.78 is 7.29. The van der Waals surface area contributed by atoms with Crippen LogP contribution in [0, 0.1) is 13.8 Å². The van der Waals surface area contributed by atoms with Gasteiger partial charge >= 0.3 is 0 Å². The summed E-state index contributed by atoms with van der Waals surface area (Å²) in [7, 11) is 0. The number of nitrogens with zero attached hydrogens (tertiary/aromatic N) is 5. The molecule has 1 aliphatic heterocycles. The first-order valence-electron chi connectivity index (χ1n) is 8.43. The van der Waals surface area contributed by atoms with Crippen LogP contribution in [0.1, 0.15) is 42.6 Å². The maximum atomic E-state index is 5.26. The molecule has 3 heterocycles. The van der Waals surface area contributed by atoms with Crippen molar-refractivity contribution < 1.29 is 4.52 Å². The van der Waals surface area contributed by atoms with Crippen molar-refractivity contribution in [3.05, 3.63) is 35.0 Å². The van der Waals surface area contributed by atoms with Crippen molar-refractivity contribution in [2.45, 2.75) is 46.8 Å². The summed E-state index contributed by atoms with van der Waals surface area (Å²) in [5.41, 5.74) is 3.43. The van der Waals surface area contributed by atoms with Gasteiger partial charge in [0.2, 0.25) is 0 Å². The van der Waals surface area contributed by atoms with Gasteiger partial charge in [0, 0.05) is 57.1 Å². The average molecular weight is 317 g/mol. The van der Waals surface area contributed by atoms with Crippen molar-refractivity contribution in [3.63, 3.8) is 0 Å². The predicted octanol–water partition coefficient (Wildman–Crippen LogP) is 2.39. The van der Waals surface area contributed by atoms with Gasteiger partial charge in [-0.15, -0.1) is 0 Å². The highest BCUT2D eigenvalue weighted by Gasteiger charge is 2.20. The molecule has 23 heavy (non-hydrogen) atoms. The fourth-order valence-electron chi connectivity index (χ4n) is 3.04. The van der Waals surface area contributed by atoms with Crippen LogP contribution < -0.4 is 0 Å². The molecule has 0 aromatic carbocycles. The first-order chi connectivity index (χ1) is 11.0. The van der Waals surface area contributed by atoms with Crippen LogP contribution in [0.3, 0.4) is 0 Å². The fraction of sp³-hybridized carbons (Fsp3) is 0.647. The summed E-state index contributed by atoms with van der Waals surface area (Å²) in [6, 6.07) is 2.56. The summed E-state index contributed by atoms with van der Waals surface area (Å²) in [5, 5.41) is 8.69. The minimum Gasteiger partial charge on any atom is -0.361 e. The Hall–Kier alpha value is -1.66. The second-order valence-electron chi connectivity index (χ2n) is 6.74. The Morgan fingerprint density at radius 2 is 1.74 bits per heavy atom. The molecule has 0 saturated carbocycles.